The summed E-state index contributed by atoms with van der Waals surface area (Å²) in [5.41, 5.74) is 6.25. The van der Waals surface area contributed by atoms with Gasteiger partial charge in [0.1, 0.15) is 12.4 Å². The smallest absolute Gasteiger partial charge is 0.250 e. The summed E-state index contributed by atoms with van der Waals surface area (Å²) in [6.07, 6.45) is 6.19. The molecule has 1 aromatic rings. The summed E-state index contributed by atoms with van der Waals surface area (Å²) in [6, 6.07) is 3.89. The predicted octanol–water partition coefficient (Wildman–Crippen LogP) is 2.94. The molecule has 110 valence electrons. The zero-order chi connectivity index (χ0) is 14.4. The second-order valence-electron chi connectivity index (χ2n) is 5.30. The van der Waals surface area contributed by atoms with Gasteiger partial charge in [0.15, 0.2) is 0 Å². The molecule has 5 heteroatoms. The Labute approximate surface area is 118 Å². The van der Waals surface area contributed by atoms with Gasteiger partial charge in [-0.1, -0.05) is 19.3 Å². The van der Waals surface area contributed by atoms with E-state index in [2.05, 4.69) is 5.32 Å². The summed E-state index contributed by atoms with van der Waals surface area (Å²) in [5.74, 6) is -0.111. The summed E-state index contributed by atoms with van der Waals surface area (Å²) in [7, 11) is 0. The second kappa shape index (κ2) is 7.24. The molecule has 1 aliphatic carbocycles. The van der Waals surface area contributed by atoms with Gasteiger partial charge in [-0.3, -0.25) is 4.79 Å². The van der Waals surface area contributed by atoms with Crippen molar-refractivity contribution < 1.29 is 13.9 Å². The normalized spacial score (nSPS) is 16.1. The Hall–Kier alpha value is -1.62. The van der Waals surface area contributed by atoms with E-state index in [1.807, 2.05) is 0 Å². The maximum atomic E-state index is 12.9. The Balaban J connectivity index is 1.72. The number of hydrogen-bond donors (Lipinski definition) is 2. The van der Waals surface area contributed by atoms with Crippen LogP contribution in [0, 0.1) is 11.7 Å². The van der Waals surface area contributed by atoms with Gasteiger partial charge >= 0.3 is 0 Å². The molecule has 4 nitrogen and oxygen atoms in total. The van der Waals surface area contributed by atoms with E-state index in [9.17, 15) is 9.18 Å². The molecule has 0 spiro atoms. The lowest BCUT2D eigenvalue weighted by atomic mass is 9.90. The number of rotatable bonds is 5. The highest BCUT2D eigenvalue weighted by Crippen LogP contribution is 2.23. The number of nitrogens with two attached hydrogens (primary N) is 1. The summed E-state index contributed by atoms with van der Waals surface area (Å²) in [5, 5.41) is 2.62. The van der Waals surface area contributed by atoms with Crippen LogP contribution in [0.25, 0.3) is 0 Å². The maximum Gasteiger partial charge on any atom is 0.250 e. The third-order valence-electron chi connectivity index (χ3n) is 3.60. The average molecular weight is 280 g/mol. The third kappa shape index (κ3) is 4.49. The number of carbonyl (C=O) groups excluding carboxylic acids is 1. The lowest BCUT2D eigenvalue weighted by Gasteiger charge is -2.21. The van der Waals surface area contributed by atoms with E-state index >= 15 is 0 Å². The highest BCUT2D eigenvalue weighted by molar-refractivity contribution is 5.94. The minimum atomic E-state index is -0.422. The molecule has 1 saturated carbocycles. The number of ether oxygens (including phenoxy) is 1. The minimum Gasteiger partial charge on any atom is -0.397 e. The first-order chi connectivity index (χ1) is 9.65. The molecule has 0 bridgehead atoms. The van der Waals surface area contributed by atoms with E-state index in [4.69, 9.17) is 10.5 Å². The van der Waals surface area contributed by atoms with Crippen LogP contribution >= 0.6 is 0 Å². The van der Waals surface area contributed by atoms with Crippen LogP contribution in [-0.4, -0.2) is 19.1 Å². The summed E-state index contributed by atoms with van der Waals surface area (Å²) >= 11 is 0. The molecule has 0 aliphatic heterocycles. The highest BCUT2D eigenvalue weighted by Gasteiger charge is 2.14. The second-order valence-corrected chi connectivity index (χ2v) is 5.30. The zero-order valence-corrected chi connectivity index (χ0v) is 11.5. The lowest BCUT2D eigenvalue weighted by molar-refractivity contribution is -0.121. The van der Waals surface area contributed by atoms with Gasteiger partial charge in [-0.15, -0.1) is 0 Å². The van der Waals surface area contributed by atoms with Crippen LogP contribution in [0.4, 0.5) is 15.8 Å². The van der Waals surface area contributed by atoms with Crippen molar-refractivity contribution in [3.8, 4) is 0 Å². The fourth-order valence-corrected chi connectivity index (χ4v) is 2.51. The molecular formula is C15H21FN2O2. The third-order valence-corrected chi connectivity index (χ3v) is 3.60. The maximum absolute atomic E-state index is 12.9. The van der Waals surface area contributed by atoms with Gasteiger partial charge in [-0.05, 0) is 37.0 Å². The number of carbonyl (C=O) groups is 1. The molecule has 2 rings (SSSR count). The quantitative estimate of drug-likeness (QED) is 0.815. The molecule has 1 aliphatic rings. The zero-order valence-electron chi connectivity index (χ0n) is 11.5. The molecule has 3 N–H and O–H groups in total. The SMILES string of the molecule is Nc1cc(F)ccc1NC(=O)COCC1CCCCC1. The largest absolute Gasteiger partial charge is 0.397 e. The Morgan fingerprint density at radius 1 is 1.35 bits per heavy atom. The van der Waals surface area contributed by atoms with Crippen LogP contribution in [-0.2, 0) is 9.53 Å². The summed E-state index contributed by atoms with van der Waals surface area (Å²) < 4.78 is 18.3. The molecule has 0 saturated heterocycles. The van der Waals surface area contributed by atoms with Crippen molar-refractivity contribution in [3.05, 3.63) is 24.0 Å². The molecule has 0 aromatic heterocycles. The van der Waals surface area contributed by atoms with Gasteiger partial charge < -0.3 is 15.8 Å². The number of hydrogen-bond acceptors (Lipinski definition) is 3. The molecule has 0 atom stereocenters. The summed E-state index contributed by atoms with van der Waals surface area (Å²) in [6.45, 7) is 0.639. The van der Waals surface area contributed by atoms with E-state index in [0.29, 0.717) is 18.2 Å². The first kappa shape index (κ1) is 14.8. The number of amides is 1. The van der Waals surface area contributed by atoms with Crippen LogP contribution in [0.5, 0.6) is 0 Å². The Morgan fingerprint density at radius 3 is 2.80 bits per heavy atom. The molecule has 1 fully saturated rings. The van der Waals surface area contributed by atoms with Crippen molar-refractivity contribution in [3.63, 3.8) is 0 Å². The van der Waals surface area contributed by atoms with Crippen LogP contribution in [0.3, 0.4) is 0 Å². The van der Waals surface area contributed by atoms with E-state index in [0.717, 1.165) is 0 Å². The molecular weight excluding hydrogens is 259 g/mol. The van der Waals surface area contributed by atoms with Crippen molar-refractivity contribution in [2.75, 3.05) is 24.3 Å². The first-order valence-electron chi connectivity index (χ1n) is 7.08. The van der Waals surface area contributed by atoms with Crippen molar-refractivity contribution in [2.45, 2.75) is 32.1 Å². The standard InChI is InChI=1S/C15H21FN2O2/c16-12-6-7-14(13(17)8-12)18-15(19)10-20-9-11-4-2-1-3-5-11/h6-8,11H,1-5,9-10,17H2,(H,18,19). The van der Waals surface area contributed by atoms with Crippen LogP contribution in [0.15, 0.2) is 18.2 Å². The molecule has 20 heavy (non-hydrogen) atoms. The monoisotopic (exact) mass is 280 g/mol. The van der Waals surface area contributed by atoms with E-state index in [-0.39, 0.29) is 18.2 Å². The minimum absolute atomic E-state index is 0.00726. The van der Waals surface area contributed by atoms with Crippen LogP contribution in [0.2, 0.25) is 0 Å². The fourth-order valence-electron chi connectivity index (χ4n) is 2.51. The Kier molecular flexibility index (Phi) is 5.35. The number of nitrogens with one attached hydrogen (secondary N) is 1. The molecule has 1 amide bonds. The topological polar surface area (TPSA) is 64.3 Å². The lowest BCUT2D eigenvalue weighted by Crippen LogP contribution is -2.22. The van der Waals surface area contributed by atoms with Crippen LogP contribution < -0.4 is 11.1 Å². The van der Waals surface area contributed by atoms with Gasteiger partial charge in [-0.2, -0.15) is 0 Å². The van der Waals surface area contributed by atoms with Crippen molar-refractivity contribution >= 4 is 17.3 Å². The Morgan fingerprint density at radius 2 is 2.10 bits per heavy atom. The van der Waals surface area contributed by atoms with Crippen LogP contribution in [0.1, 0.15) is 32.1 Å². The Bertz CT molecular complexity index is 459. The van der Waals surface area contributed by atoms with E-state index < -0.39 is 5.82 Å². The van der Waals surface area contributed by atoms with Crippen molar-refractivity contribution in [2.24, 2.45) is 5.92 Å². The number of benzene rings is 1. The molecule has 0 radical (unpaired) electrons. The predicted molar refractivity (Wildman–Crippen MR) is 76.8 cm³/mol. The number of anilines is 2. The number of nitrogen functional groups attached to an aromatic ring is 1. The summed E-state index contributed by atoms with van der Waals surface area (Å²) in [4.78, 5) is 11.7. The molecule has 1 aromatic carbocycles. The highest BCUT2D eigenvalue weighted by atomic mass is 19.1. The fraction of sp³-hybridized carbons (Fsp3) is 0.533. The van der Waals surface area contributed by atoms with Gasteiger partial charge in [0.2, 0.25) is 5.91 Å². The van der Waals surface area contributed by atoms with E-state index in [1.54, 1.807) is 0 Å². The number of halogens is 1. The van der Waals surface area contributed by atoms with Gasteiger partial charge in [0.05, 0.1) is 18.0 Å². The molecule has 0 heterocycles. The van der Waals surface area contributed by atoms with Crippen molar-refractivity contribution in [1.29, 1.82) is 0 Å². The van der Waals surface area contributed by atoms with Crippen molar-refractivity contribution in [1.82, 2.24) is 0 Å². The first-order valence-corrected chi connectivity index (χ1v) is 7.08. The van der Waals surface area contributed by atoms with Gasteiger partial charge in [0.25, 0.3) is 0 Å². The average Bonchev–Trinajstić information content (AvgIpc) is 2.43. The van der Waals surface area contributed by atoms with Gasteiger partial charge in [-0.25, -0.2) is 4.39 Å². The van der Waals surface area contributed by atoms with Gasteiger partial charge in [0, 0.05) is 0 Å². The molecule has 0 unspecified atom stereocenters. The van der Waals surface area contributed by atoms with E-state index in [1.165, 1.54) is 50.3 Å².